The molecule has 36 nitrogen and oxygen atoms in total. The molecule has 0 spiro atoms. The number of nitro benzene ring substituents is 1. The summed E-state index contributed by atoms with van der Waals surface area (Å²) in [7, 11) is 0. The van der Waals surface area contributed by atoms with Crippen molar-refractivity contribution in [3.05, 3.63) is 63.7 Å². The Balaban J connectivity index is 1.77. The number of aliphatic hydroxyl groups is 3. The van der Waals surface area contributed by atoms with Gasteiger partial charge in [0.25, 0.3) is 5.91 Å². The van der Waals surface area contributed by atoms with Crippen molar-refractivity contribution in [1.82, 2.24) is 58.1 Å². The van der Waals surface area contributed by atoms with Crippen molar-refractivity contribution >= 4 is 119 Å². The molecule has 13 atom stereocenters. The maximum absolute atomic E-state index is 14.5. The molecule has 0 unspecified atom stereocenters. The second-order valence-electron chi connectivity index (χ2n) is 22.7. The molecule has 0 bridgehead atoms. The van der Waals surface area contributed by atoms with E-state index in [0.29, 0.717) is 0 Å². The number of nitrogens with zero attached hydrogens (tertiary/aromatic N) is 2. The van der Waals surface area contributed by atoms with E-state index >= 15 is 0 Å². The number of para-hydroxylation sites is 1. The first-order valence-corrected chi connectivity index (χ1v) is 32.1. The van der Waals surface area contributed by atoms with Crippen LogP contribution in [-0.2, 0) is 68.7 Å². The molecular formula is C58H84N14O22S2. The largest absolute Gasteiger partial charge is 0.502 e. The van der Waals surface area contributed by atoms with Gasteiger partial charge in [0, 0.05) is 30.5 Å². The number of nitrogen functional groups attached to an aromatic ring is 1. The fourth-order valence-corrected chi connectivity index (χ4v) is 10.3. The summed E-state index contributed by atoms with van der Waals surface area (Å²) >= 11 is 5.41. The number of benzene rings is 2. The van der Waals surface area contributed by atoms with Crippen LogP contribution < -0.4 is 64.6 Å². The molecule has 3 rings (SSSR count). The zero-order valence-electron chi connectivity index (χ0n) is 53.2. The van der Waals surface area contributed by atoms with Crippen LogP contribution >= 0.6 is 24.4 Å². The van der Waals surface area contributed by atoms with Crippen molar-refractivity contribution in [1.29, 1.82) is 0 Å². The molecule has 20 N–H and O–H groups in total. The molecule has 0 radical (unpaired) electrons. The fraction of sp³-hybridized carbons (Fsp3) is 0.552. The van der Waals surface area contributed by atoms with Crippen LogP contribution in [0.15, 0.2) is 42.5 Å². The van der Waals surface area contributed by atoms with Crippen molar-refractivity contribution in [3.8, 4) is 5.75 Å². The highest BCUT2D eigenvalue weighted by Gasteiger charge is 2.42. The minimum Gasteiger partial charge on any atom is -0.502 e. The Kier molecular flexibility index (Phi) is 32.7. The van der Waals surface area contributed by atoms with Gasteiger partial charge in [0.15, 0.2) is 5.75 Å². The lowest BCUT2D eigenvalue weighted by Gasteiger charge is -2.33. The maximum Gasteiger partial charge on any atom is 0.310 e. The van der Waals surface area contributed by atoms with Crippen LogP contribution in [0.3, 0.4) is 0 Å². The van der Waals surface area contributed by atoms with Gasteiger partial charge in [-0.2, -0.15) is 24.4 Å². The Morgan fingerprint density at radius 1 is 0.667 bits per heavy atom. The van der Waals surface area contributed by atoms with E-state index in [4.69, 9.17) is 11.5 Å². The number of nitro groups is 1. The zero-order valence-corrected chi connectivity index (χ0v) is 54.9. The number of phenols is 1. The number of rotatable bonds is 39. The van der Waals surface area contributed by atoms with Crippen LogP contribution in [0.5, 0.6) is 5.75 Å². The van der Waals surface area contributed by atoms with Gasteiger partial charge in [-0.1, -0.05) is 52.3 Å². The molecule has 38 heteroatoms. The number of carboxylic acid groups (broad SMARTS) is 2. The fourth-order valence-electron chi connectivity index (χ4n) is 9.59. The topological polar surface area (TPSA) is 579 Å². The number of phenolic OH excluding ortho intramolecular Hbond substituents is 1. The quantitative estimate of drug-likeness (QED) is 0.0129. The van der Waals surface area contributed by atoms with Crippen LogP contribution in [0.4, 0.5) is 11.4 Å². The van der Waals surface area contributed by atoms with Gasteiger partial charge in [0.2, 0.25) is 65.0 Å². The zero-order chi connectivity index (χ0) is 72.4. The lowest BCUT2D eigenvalue weighted by Crippen LogP contribution is -2.62. The molecule has 96 heavy (non-hydrogen) atoms. The molecule has 0 aromatic heterocycles. The highest BCUT2D eigenvalue weighted by Crippen LogP contribution is 2.27. The Morgan fingerprint density at radius 3 is 1.67 bits per heavy atom. The monoisotopic (exact) mass is 1390 g/mol. The summed E-state index contributed by atoms with van der Waals surface area (Å²) in [6, 6.07) is -9.68. The van der Waals surface area contributed by atoms with E-state index in [9.17, 15) is 108 Å². The number of anilines is 1. The number of hydrogen-bond acceptors (Lipinski definition) is 23. The third kappa shape index (κ3) is 24.1. The number of aromatic hydroxyl groups is 1. The number of likely N-dealkylation sites (tertiary alicyclic amines) is 1. The molecular weight excluding hydrogens is 1310 g/mol. The van der Waals surface area contributed by atoms with Crippen LogP contribution in [0.2, 0.25) is 0 Å². The van der Waals surface area contributed by atoms with Gasteiger partial charge in [0.1, 0.15) is 66.5 Å². The summed E-state index contributed by atoms with van der Waals surface area (Å²) in [4.78, 5) is 199. The third-order valence-corrected chi connectivity index (χ3v) is 16.2. The number of carboxylic acids is 2. The number of primary amides is 1. The van der Waals surface area contributed by atoms with Crippen LogP contribution in [0, 0.1) is 22.0 Å². The molecule has 2 aromatic carbocycles. The first kappa shape index (κ1) is 80.8. The number of amides is 12. The first-order chi connectivity index (χ1) is 45.1. The second kappa shape index (κ2) is 38.8. The molecule has 0 saturated carbocycles. The maximum atomic E-state index is 14.5. The predicted octanol–water partition coefficient (Wildman–Crippen LogP) is -5.24. The van der Waals surface area contributed by atoms with Gasteiger partial charge in [-0.3, -0.25) is 77.2 Å². The van der Waals surface area contributed by atoms with E-state index in [0.717, 1.165) is 24.0 Å². The van der Waals surface area contributed by atoms with Crippen LogP contribution in [-0.4, -0.2) is 233 Å². The smallest absolute Gasteiger partial charge is 0.310 e. The highest BCUT2D eigenvalue weighted by atomic mass is 32.2. The molecule has 2 aromatic rings. The average Bonchev–Trinajstić information content (AvgIpc) is 1.13. The van der Waals surface area contributed by atoms with E-state index in [2.05, 4.69) is 65.8 Å². The molecule has 1 heterocycles. The number of nitrogens with one attached hydrogen (secondary N) is 10. The molecule has 1 aliphatic heterocycles. The number of carbonyl (C=O) groups excluding carboxylic acids is 12. The lowest BCUT2D eigenvalue weighted by molar-refractivity contribution is -0.385. The summed E-state index contributed by atoms with van der Waals surface area (Å²) in [5.41, 5.74) is 10.3. The number of hydrogen-bond donors (Lipinski definition) is 19. The summed E-state index contributed by atoms with van der Waals surface area (Å²) in [6.45, 7) is 5.17. The molecule has 0 aliphatic carbocycles. The van der Waals surface area contributed by atoms with Crippen LogP contribution in [0.25, 0.3) is 0 Å². The Bertz CT molecular complexity index is 3180. The predicted molar refractivity (Wildman–Crippen MR) is 343 cm³/mol. The van der Waals surface area contributed by atoms with Crippen molar-refractivity contribution in [2.45, 2.75) is 152 Å². The standard InChI is InChI=1S/C58H84N14O22S2/c1-7-27(4)45(69-52(86)35(22-43(79)80)64-50(84)34(21-42(77)78)62-48(82)30-11-8-9-12-31(30)59)57(91)68-44(26(2)3)58(92)71-17-10-13-39(71)56(90)67-38(25-95)55(89)66-36(23-73)53(87)61-32(16-18-96-6)49(83)65-37(24-74)54(88)63-33(51(85)70-46(28(5)75)47(60)81)19-29-14-15-41(76)40(20-29)72(93)94/h8-9,11-12,14-15,20,26-28,32-39,44-46,73-76,95H,7,10,13,16-19,21-25,59H2,1-6H3,(H2,60,81)(H,61,87)(H,62,82)(H,63,88)(H,64,84)(H,65,83)(H,66,89)(H,67,90)(H,68,91)(H,69,86)(H,70,85)(H,77,78)(H,79,80)/t27-,28+,32-,33-,34-,35-,36-,37-,38-,39-,44-,45-,46-/m0/s1. The van der Waals surface area contributed by atoms with E-state index in [-0.39, 0.29) is 54.8 Å². The Labute approximate surface area is 559 Å². The number of thioether (sulfide) groups is 1. The summed E-state index contributed by atoms with van der Waals surface area (Å²) in [6.07, 6.45) is -2.24. The number of carbonyl (C=O) groups is 14. The van der Waals surface area contributed by atoms with E-state index in [1.54, 1.807) is 34.0 Å². The average molecular weight is 1390 g/mol. The number of thiol groups is 1. The van der Waals surface area contributed by atoms with E-state index in [1.165, 1.54) is 42.1 Å². The number of aliphatic carboxylic acids is 2. The van der Waals surface area contributed by atoms with E-state index < -0.39 is 222 Å². The van der Waals surface area contributed by atoms with Crippen molar-refractivity contribution in [2.24, 2.45) is 17.6 Å². The molecule has 1 saturated heterocycles. The molecule has 1 fully saturated rings. The lowest BCUT2D eigenvalue weighted by atomic mass is 9.95. The minimum absolute atomic E-state index is 0.0162. The molecule has 12 amide bonds. The Hall–Kier alpha value is -9.40. The van der Waals surface area contributed by atoms with Gasteiger partial charge >= 0.3 is 17.6 Å². The first-order valence-electron chi connectivity index (χ1n) is 30.0. The summed E-state index contributed by atoms with van der Waals surface area (Å²) in [5.74, 6) is -18.6. The van der Waals surface area contributed by atoms with Gasteiger partial charge in [-0.15, -0.1) is 0 Å². The van der Waals surface area contributed by atoms with Crippen LogP contribution in [0.1, 0.15) is 89.1 Å². The molecule has 1 aliphatic rings. The number of aliphatic hydroxyl groups excluding tert-OH is 3. The van der Waals surface area contributed by atoms with Crippen molar-refractivity contribution in [3.63, 3.8) is 0 Å². The summed E-state index contributed by atoms with van der Waals surface area (Å²) < 4.78 is 0. The minimum atomic E-state index is -1.95. The summed E-state index contributed by atoms with van der Waals surface area (Å²) in [5, 5.41) is 94.7. The van der Waals surface area contributed by atoms with Crippen molar-refractivity contribution < 1.29 is 103 Å². The SMILES string of the molecule is CC[C@H](C)[C@H](NC(=O)[C@H](CC(=O)O)NC(=O)[C@H](CC(=O)O)NC(=O)c1ccccc1N)C(=O)N[C@H](C(=O)N1CCC[C@H]1C(=O)N[C@@H](CS)C(=O)N[C@@H](CO)C(=O)N[C@@H](CCSC)C(=O)N[C@@H](CO)C(=O)N[C@@H](Cc1ccc(O)c([N+](=O)[O-])c1)C(=O)N[C@H](C(N)=O)[C@@H](C)O)C(C)C. The molecule has 530 valence electrons. The van der Waals surface area contributed by atoms with E-state index in [1.807, 2.05) is 0 Å². The van der Waals surface area contributed by atoms with Gasteiger partial charge in [0.05, 0.1) is 42.6 Å². The van der Waals surface area contributed by atoms with Gasteiger partial charge in [-0.25, -0.2) is 0 Å². The van der Waals surface area contributed by atoms with Gasteiger partial charge in [-0.05, 0) is 73.8 Å². The Morgan fingerprint density at radius 2 is 1.16 bits per heavy atom. The van der Waals surface area contributed by atoms with Crippen molar-refractivity contribution in [2.75, 3.05) is 43.3 Å². The normalized spacial score (nSPS) is 16.4. The highest BCUT2D eigenvalue weighted by molar-refractivity contribution is 7.98. The third-order valence-electron chi connectivity index (χ3n) is 15.2. The number of nitrogens with two attached hydrogens (primary N) is 2. The second-order valence-corrected chi connectivity index (χ2v) is 24.1. The van der Waals surface area contributed by atoms with Gasteiger partial charge < -0.3 is 100 Å².